The van der Waals surface area contributed by atoms with Crippen LogP contribution < -0.4 is 10.3 Å². The summed E-state index contributed by atoms with van der Waals surface area (Å²) in [6, 6.07) is 5.57. The summed E-state index contributed by atoms with van der Waals surface area (Å²) in [7, 11) is 0. The molecule has 24 heavy (non-hydrogen) atoms. The number of aromatic nitrogens is 1. The molecule has 0 saturated carbocycles. The molecule has 1 aliphatic rings. The van der Waals surface area contributed by atoms with Crippen LogP contribution in [0.25, 0.3) is 5.70 Å². The summed E-state index contributed by atoms with van der Waals surface area (Å²) in [5, 5.41) is 11.3. The number of nitro groups is 1. The first-order chi connectivity index (χ1) is 11.2. The molecule has 0 bridgehead atoms. The van der Waals surface area contributed by atoms with E-state index in [0.29, 0.717) is 17.0 Å². The standard InChI is InChI=1S/C16H12Cl2N2O4/c1-16(2)7-13(19-8-9(17)5-12(18)15(19)21)11-6-10(20(22)23)3-4-14(11)24-16/h3-8H,1-2H3. The third-order valence-corrected chi connectivity index (χ3v) is 3.98. The van der Waals surface area contributed by atoms with E-state index in [-0.39, 0.29) is 15.7 Å². The molecule has 0 saturated heterocycles. The monoisotopic (exact) mass is 366 g/mol. The Kier molecular flexibility index (Phi) is 3.89. The number of benzene rings is 1. The van der Waals surface area contributed by atoms with Gasteiger partial charge in [-0.1, -0.05) is 23.2 Å². The molecule has 0 spiro atoms. The van der Waals surface area contributed by atoms with Gasteiger partial charge in [-0.25, -0.2) is 0 Å². The first-order valence-corrected chi connectivity index (χ1v) is 7.72. The number of hydrogen-bond donors (Lipinski definition) is 0. The summed E-state index contributed by atoms with van der Waals surface area (Å²) in [5.41, 5.74) is -0.443. The van der Waals surface area contributed by atoms with Gasteiger partial charge < -0.3 is 4.74 Å². The van der Waals surface area contributed by atoms with Crippen molar-refractivity contribution in [2.75, 3.05) is 0 Å². The molecule has 2 heterocycles. The average Bonchev–Trinajstić information content (AvgIpc) is 2.48. The molecule has 124 valence electrons. The molecular formula is C16H12Cl2N2O4. The number of rotatable bonds is 2. The summed E-state index contributed by atoms with van der Waals surface area (Å²) in [6.45, 7) is 3.63. The van der Waals surface area contributed by atoms with Crippen molar-refractivity contribution in [3.05, 3.63) is 72.6 Å². The maximum Gasteiger partial charge on any atom is 0.273 e. The van der Waals surface area contributed by atoms with Crippen molar-refractivity contribution in [1.82, 2.24) is 4.57 Å². The third-order valence-electron chi connectivity index (χ3n) is 3.51. The van der Waals surface area contributed by atoms with E-state index in [1.165, 1.54) is 35.0 Å². The Balaban J connectivity index is 2.31. The largest absolute Gasteiger partial charge is 0.483 e. The Morgan fingerprint density at radius 3 is 2.62 bits per heavy atom. The summed E-state index contributed by atoms with van der Waals surface area (Å²) in [4.78, 5) is 23.0. The van der Waals surface area contributed by atoms with Crippen molar-refractivity contribution in [3.8, 4) is 5.75 Å². The number of hydrogen-bond acceptors (Lipinski definition) is 4. The predicted octanol–water partition coefficient (Wildman–Crippen LogP) is 4.12. The molecule has 0 amide bonds. The lowest BCUT2D eigenvalue weighted by Gasteiger charge is -2.31. The van der Waals surface area contributed by atoms with Crippen LogP contribution in [0.2, 0.25) is 10.0 Å². The molecule has 0 aliphatic carbocycles. The maximum atomic E-state index is 12.4. The molecule has 6 nitrogen and oxygen atoms in total. The van der Waals surface area contributed by atoms with Crippen molar-refractivity contribution in [2.24, 2.45) is 0 Å². The second-order valence-corrected chi connectivity index (χ2v) is 6.70. The zero-order valence-corrected chi connectivity index (χ0v) is 14.3. The van der Waals surface area contributed by atoms with Gasteiger partial charge >= 0.3 is 0 Å². The van der Waals surface area contributed by atoms with Crippen LogP contribution in [-0.2, 0) is 0 Å². The minimum Gasteiger partial charge on any atom is -0.483 e. The molecule has 1 aliphatic heterocycles. The number of non-ortho nitro benzene ring substituents is 1. The Bertz CT molecular complexity index is 948. The van der Waals surface area contributed by atoms with Crippen LogP contribution in [0.4, 0.5) is 5.69 Å². The molecule has 1 aromatic heterocycles. The normalized spacial score (nSPS) is 15.2. The van der Waals surface area contributed by atoms with Gasteiger partial charge in [0.1, 0.15) is 16.4 Å². The highest BCUT2D eigenvalue weighted by Crippen LogP contribution is 2.38. The van der Waals surface area contributed by atoms with Crippen molar-refractivity contribution in [1.29, 1.82) is 0 Å². The zero-order chi connectivity index (χ0) is 17.6. The molecular weight excluding hydrogens is 355 g/mol. The van der Waals surface area contributed by atoms with Gasteiger partial charge in [0, 0.05) is 23.9 Å². The highest BCUT2D eigenvalue weighted by atomic mass is 35.5. The van der Waals surface area contributed by atoms with Crippen molar-refractivity contribution in [2.45, 2.75) is 19.4 Å². The van der Waals surface area contributed by atoms with E-state index in [2.05, 4.69) is 0 Å². The smallest absolute Gasteiger partial charge is 0.273 e. The zero-order valence-electron chi connectivity index (χ0n) is 12.7. The molecule has 0 unspecified atom stereocenters. The Morgan fingerprint density at radius 1 is 1.25 bits per heavy atom. The van der Waals surface area contributed by atoms with Gasteiger partial charge in [0.05, 0.1) is 15.6 Å². The van der Waals surface area contributed by atoms with Crippen LogP contribution in [0.15, 0.2) is 41.3 Å². The van der Waals surface area contributed by atoms with Gasteiger partial charge in [-0.2, -0.15) is 0 Å². The molecule has 2 aromatic rings. The number of fused-ring (bicyclic) bond motifs is 1. The van der Waals surface area contributed by atoms with Gasteiger partial charge in [-0.3, -0.25) is 19.5 Å². The van der Waals surface area contributed by atoms with Gasteiger partial charge in [0.25, 0.3) is 11.2 Å². The van der Waals surface area contributed by atoms with Gasteiger partial charge in [0.15, 0.2) is 0 Å². The number of nitrogens with zero attached hydrogens (tertiary/aromatic N) is 2. The molecule has 0 N–H and O–H groups in total. The summed E-state index contributed by atoms with van der Waals surface area (Å²) < 4.78 is 7.10. The SMILES string of the molecule is CC1(C)C=C(n2cc(Cl)cc(Cl)c2=O)c2cc([N+](=O)[O-])ccc2O1. The van der Waals surface area contributed by atoms with Gasteiger partial charge in [-0.05, 0) is 32.1 Å². The fourth-order valence-corrected chi connectivity index (χ4v) is 3.01. The van der Waals surface area contributed by atoms with Crippen LogP contribution in [0.3, 0.4) is 0 Å². The third kappa shape index (κ3) is 2.90. The topological polar surface area (TPSA) is 74.4 Å². The maximum absolute atomic E-state index is 12.4. The fourth-order valence-electron chi connectivity index (χ4n) is 2.54. The minimum absolute atomic E-state index is 0.0420. The number of ether oxygens (including phenoxy) is 1. The molecule has 0 fully saturated rings. The summed E-state index contributed by atoms with van der Waals surface area (Å²) in [5.74, 6) is 0.436. The lowest BCUT2D eigenvalue weighted by molar-refractivity contribution is -0.384. The molecule has 0 radical (unpaired) electrons. The van der Waals surface area contributed by atoms with E-state index in [9.17, 15) is 14.9 Å². The van der Waals surface area contributed by atoms with Crippen LogP contribution >= 0.6 is 23.2 Å². The average molecular weight is 367 g/mol. The van der Waals surface area contributed by atoms with E-state index < -0.39 is 16.1 Å². The second kappa shape index (κ2) is 5.65. The van der Waals surface area contributed by atoms with Crippen LogP contribution in [0.5, 0.6) is 5.75 Å². The fraction of sp³-hybridized carbons (Fsp3) is 0.188. The van der Waals surface area contributed by atoms with Gasteiger partial charge in [0.2, 0.25) is 0 Å². The van der Waals surface area contributed by atoms with Crippen molar-refractivity contribution >= 4 is 34.6 Å². The minimum atomic E-state index is -0.716. The first kappa shape index (κ1) is 16.5. The lowest BCUT2D eigenvalue weighted by Crippen LogP contribution is -2.32. The van der Waals surface area contributed by atoms with Crippen molar-refractivity contribution in [3.63, 3.8) is 0 Å². The highest BCUT2D eigenvalue weighted by molar-refractivity contribution is 6.34. The van der Waals surface area contributed by atoms with Gasteiger partial charge in [-0.15, -0.1) is 0 Å². The summed E-state index contributed by atoms with van der Waals surface area (Å²) >= 11 is 11.9. The van der Waals surface area contributed by atoms with E-state index in [0.717, 1.165) is 0 Å². The van der Waals surface area contributed by atoms with E-state index >= 15 is 0 Å². The second-order valence-electron chi connectivity index (χ2n) is 5.85. The molecule has 0 atom stereocenters. The molecule has 1 aromatic carbocycles. The Morgan fingerprint density at radius 2 is 1.96 bits per heavy atom. The lowest BCUT2D eigenvalue weighted by atomic mass is 9.98. The van der Waals surface area contributed by atoms with Crippen LogP contribution in [0.1, 0.15) is 19.4 Å². The van der Waals surface area contributed by atoms with Crippen LogP contribution in [0, 0.1) is 10.1 Å². The molecule has 8 heteroatoms. The van der Waals surface area contributed by atoms with E-state index in [1.54, 1.807) is 6.08 Å². The number of pyridine rings is 1. The highest BCUT2D eigenvalue weighted by Gasteiger charge is 2.29. The predicted molar refractivity (Wildman–Crippen MR) is 91.9 cm³/mol. The summed E-state index contributed by atoms with van der Waals surface area (Å²) in [6.07, 6.45) is 3.12. The molecule has 3 rings (SSSR count). The van der Waals surface area contributed by atoms with E-state index in [4.69, 9.17) is 27.9 Å². The van der Waals surface area contributed by atoms with Crippen molar-refractivity contribution < 1.29 is 9.66 Å². The Labute approximate surface area is 147 Å². The first-order valence-electron chi connectivity index (χ1n) is 6.97. The van der Waals surface area contributed by atoms with E-state index in [1.807, 2.05) is 13.8 Å². The number of nitro benzene ring substituents is 1. The quantitative estimate of drug-likeness (QED) is 0.591. The Hall–Kier alpha value is -2.31. The number of halogens is 2. The van der Waals surface area contributed by atoms with Crippen LogP contribution in [-0.4, -0.2) is 15.1 Å².